The van der Waals surface area contributed by atoms with E-state index in [1.54, 1.807) is 0 Å². The van der Waals surface area contributed by atoms with Gasteiger partial charge in [-0.3, -0.25) is 4.90 Å². The van der Waals surface area contributed by atoms with Crippen LogP contribution in [0.5, 0.6) is 0 Å². The fourth-order valence-corrected chi connectivity index (χ4v) is 3.14. The van der Waals surface area contributed by atoms with E-state index in [2.05, 4.69) is 37.9 Å². The van der Waals surface area contributed by atoms with E-state index in [0.717, 1.165) is 19.1 Å². The largest absolute Gasteiger partial charge is 0.316 e. The van der Waals surface area contributed by atoms with Crippen LogP contribution in [0.4, 0.5) is 0 Å². The molecule has 0 amide bonds. The minimum Gasteiger partial charge on any atom is -0.316 e. The van der Waals surface area contributed by atoms with Gasteiger partial charge >= 0.3 is 0 Å². The molecule has 1 unspecified atom stereocenters. The molecule has 1 rings (SSSR count). The molecule has 0 aromatic heterocycles. The predicted octanol–water partition coefficient (Wildman–Crippen LogP) is 3.67. The zero-order valence-corrected chi connectivity index (χ0v) is 13.1. The summed E-state index contributed by atoms with van der Waals surface area (Å²) in [7, 11) is 0. The lowest BCUT2D eigenvalue weighted by Gasteiger charge is -2.41. The van der Waals surface area contributed by atoms with Gasteiger partial charge in [0.25, 0.3) is 0 Å². The third kappa shape index (κ3) is 5.71. The van der Waals surface area contributed by atoms with Crippen LogP contribution in [0, 0.1) is 5.41 Å². The number of rotatable bonds is 8. The molecule has 0 radical (unpaired) electrons. The Hall–Kier alpha value is -0.0800. The first kappa shape index (κ1) is 16.0. The van der Waals surface area contributed by atoms with E-state index >= 15 is 0 Å². The summed E-state index contributed by atoms with van der Waals surface area (Å²) in [5.74, 6) is 0. The van der Waals surface area contributed by atoms with Crippen LogP contribution in [-0.2, 0) is 0 Å². The van der Waals surface area contributed by atoms with Crippen molar-refractivity contribution in [3.05, 3.63) is 0 Å². The van der Waals surface area contributed by atoms with Crippen LogP contribution in [0.3, 0.4) is 0 Å². The van der Waals surface area contributed by atoms with Crippen molar-refractivity contribution >= 4 is 0 Å². The molecule has 1 aliphatic heterocycles. The molecular formula is C16H34N2. The molecule has 2 heteroatoms. The first-order valence-corrected chi connectivity index (χ1v) is 8.04. The minimum absolute atomic E-state index is 0.401. The number of hydrogen-bond acceptors (Lipinski definition) is 2. The van der Waals surface area contributed by atoms with Crippen molar-refractivity contribution in [1.82, 2.24) is 10.2 Å². The molecule has 1 fully saturated rings. The highest BCUT2D eigenvalue weighted by Gasteiger charge is 2.27. The van der Waals surface area contributed by atoms with E-state index in [9.17, 15) is 0 Å². The third-order valence-corrected chi connectivity index (χ3v) is 4.03. The van der Waals surface area contributed by atoms with Crippen molar-refractivity contribution < 1.29 is 0 Å². The van der Waals surface area contributed by atoms with Crippen LogP contribution in [0.1, 0.15) is 66.2 Å². The van der Waals surface area contributed by atoms with Crippen molar-refractivity contribution in [2.24, 2.45) is 5.41 Å². The van der Waals surface area contributed by atoms with Gasteiger partial charge in [-0.2, -0.15) is 0 Å². The van der Waals surface area contributed by atoms with Gasteiger partial charge in [0, 0.05) is 19.1 Å². The lowest BCUT2D eigenvalue weighted by Crippen LogP contribution is -2.47. The van der Waals surface area contributed by atoms with E-state index in [1.807, 2.05) is 0 Å². The quantitative estimate of drug-likeness (QED) is 0.665. The zero-order chi connectivity index (χ0) is 13.4. The van der Waals surface area contributed by atoms with Crippen LogP contribution in [-0.4, -0.2) is 37.1 Å². The van der Waals surface area contributed by atoms with Crippen LogP contribution in [0.2, 0.25) is 0 Å². The second-order valence-electron chi connectivity index (χ2n) is 6.75. The monoisotopic (exact) mass is 254 g/mol. The average molecular weight is 254 g/mol. The van der Waals surface area contributed by atoms with Gasteiger partial charge in [-0.05, 0) is 44.2 Å². The fourth-order valence-electron chi connectivity index (χ4n) is 3.14. The summed E-state index contributed by atoms with van der Waals surface area (Å²) in [6, 6.07) is 0.856. The van der Waals surface area contributed by atoms with E-state index in [1.165, 1.54) is 51.6 Å². The molecule has 0 aromatic carbocycles. The maximum absolute atomic E-state index is 3.59. The lowest BCUT2D eigenvalue weighted by molar-refractivity contribution is 0.0896. The number of nitrogens with zero attached hydrogens (tertiary/aromatic N) is 1. The summed E-state index contributed by atoms with van der Waals surface area (Å²) in [6.07, 6.45) is 8.22. The van der Waals surface area contributed by atoms with E-state index in [0.29, 0.717) is 5.41 Å². The van der Waals surface area contributed by atoms with E-state index in [4.69, 9.17) is 0 Å². The molecule has 18 heavy (non-hydrogen) atoms. The third-order valence-electron chi connectivity index (χ3n) is 4.03. The predicted molar refractivity (Wildman–Crippen MR) is 81.1 cm³/mol. The molecule has 0 aliphatic carbocycles. The van der Waals surface area contributed by atoms with E-state index < -0.39 is 0 Å². The molecule has 0 bridgehead atoms. The Bertz CT molecular complexity index is 211. The molecule has 108 valence electrons. The Balaban J connectivity index is 2.41. The Labute approximate surface area is 115 Å². The number of piperidine rings is 1. The second-order valence-corrected chi connectivity index (χ2v) is 6.75. The SMILES string of the molecule is CCCNCC(C)(C)CN1CCCCC1CCC. The van der Waals surface area contributed by atoms with E-state index in [-0.39, 0.29) is 0 Å². The highest BCUT2D eigenvalue weighted by atomic mass is 15.2. The van der Waals surface area contributed by atoms with Gasteiger partial charge in [-0.25, -0.2) is 0 Å². The van der Waals surface area contributed by atoms with Crippen molar-refractivity contribution in [2.45, 2.75) is 72.3 Å². The van der Waals surface area contributed by atoms with Crippen LogP contribution >= 0.6 is 0 Å². The summed E-state index contributed by atoms with van der Waals surface area (Å²) in [4.78, 5) is 2.76. The molecule has 1 N–H and O–H groups in total. The van der Waals surface area contributed by atoms with Gasteiger partial charge in [0.2, 0.25) is 0 Å². The van der Waals surface area contributed by atoms with Crippen LogP contribution in [0.15, 0.2) is 0 Å². The number of hydrogen-bond donors (Lipinski definition) is 1. The maximum atomic E-state index is 3.59. The zero-order valence-electron chi connectivity index (χ0n) is 13.1. The van der Waals surface area contributed by atoms with Gasteiger partial charge in [-0.15, -0.1) is 0 Å². The van der Waals surface area contributed by atoms with Gasteiger partial charge in [-0.1, -0.05) is 40.5 Å². The Morgan fingerprint density at radius 3 is 2.61 bits per heavy atom. The molecular weight excluding hydrogens is 220 g/mol. The van der Waals surface area contributed by atoms with Crippen molar-refractivity contribution in [2.75, 3.05) is 26.2 Å². The normalized spacial score (nSPS) is 22.3. The van der Waals surface area contributed by atoms with Gasteiger partial charge in [0.1, 0.15) is 0 Å². The minimum atomic E-state index is 0.401. The Kier molecular flexibility index (Phi) is 7.25. The van der Waals surface area contributed by atoms with Crippen molar-refractivity contribution in [3.8, 4) is 0 Å². The van der Waals surface area contributed by atoms with Gasteiger partial charge in [0.05, 0.1) is 0 Å². The molecule has 0 spiro atoms. The number of likely N-dealkylation sites (tertiary alicyclic amines) is 1. The van der Waals surface area contributed by atoms with Crippen molar-refractivity contribution in [1.29, 1.82) is 0 Å². The summed E-state index contributed by atoms with van der Waals surface area (Å²) in [6.45, 7) is 14.3. The van der Waals surface area contributed by atoms with Crippen molar-refractivity contribution in [3.63, 3.8) is 0 Å². The van der Waals surface area contributed by atoms with Crippen LogP contribution < -0.4 is 5.32 Å². The molecule has 1 heterocycles. The summed E-state index contributed by atoms with van der Waals surface area (Å²) >= 11 is 0. The summed E-state index contributed by atoms with van der Waals surface area (Å²) < 4.78 is 0. The first-order chi connectivity index (χ1) is 8.59. The molecule has 0 saturated carbocycles. The van der Waals surface area contributed by atoms with Gasteiger partial charge < -0.3 is 5.32 Å². The van der Waals surface area contributed by atoms with Gasteiger partial charge in [0.15, 0.2) is 0 Å². The molecule has 0 aromatic rings. The molecule has 1 saturated heterocycles. The average Bonchev–Trinajstić information content (AvgIpc) is 2.32. The smallest absolute Gasteiger partial charge is 0.00954 e. The molecule has 1 atom stereocenters. The highest BCUT2D eigenvalue weighted by Crippen LogP contribution is 2.25. The molecule has 2 nitrogen and oxygen atoms in total. The molecule has 1 aliphatic rings. The number of nitrogens with one attached hydrogen (secondary N) is 1. The maximum Gasteiger partial charge on any atom is 0.00954 e. The topological polar surface area (TPSA) is 15.3 Å². The Morgan fingerprint density at radius 1 is 1.17 bits per heavy atom. The summed E-state index contributed by atoms with van der Waals surface area (Å²) in [5, 5.41) is 3.59. The second kappa shape index (κ2) is 8.16. The Morgan fingerprint density at radius 2 is 1.94 bits per heavy atom. The van der Waals surface area contributed by atoms with Crippen LogP contribution in [0.25, 0.3) is 0 Å². The first-order valence-electron chi connectivity index (χ1n) is 8.04. The standard InChI is InChI=1S/C16H34N2/c1-5-9-15-10-7-8-12-18(15)14-16(3,4)13-17-11-6-2/h15,17H,5-14H2,1-4H3. The summed E-state index contributed by atoms with van der Waals surface area (Å²) in [5.41, 5.74) is 0.401. The highest BCUT2D eigenvalue weighted by molar-refractivity contribution is 4.83. The fraction of sp³-hybridized carbons (Fsp3) is 1.00. The lowest BCUT2D eigenvalue weighted by atomic mass is 9.89.